The molecule has 1 heterocycles. The van der Waals surface area contributed by atoms with Crippen molar-refractivity contribution >= 4 is 5.91 Å². The van der Waals surface area contributed by atoms with E-state index >= 15 is 0 Å². The van der Waals surface area contributed by atoms with Gasteiger partial charge in [-0.15, -0.1) is 0 Å². The first-order valence-corrected chi connectivity index (χ1v) is 5.10. The summed E-state index contributed by atoms with van der Waals surface area (Å²) in [6, 6.07) is 0.0471. The van der Waals surface area contributed by atoms with Crippen molar-refractivity contribution in [1.82, 2.24) is 10.6 Å². The zero-order chi connectivity index (χ0) is 9.90. The van der Waals surface area contributed by atoms with Crippen molar-refractivity contribution in [3.05, 3.63) is 0 Å². The predicted molar refractivity (Wildman–Crippen MR) is 53.5 cm³/mol. The van der Waals surface area contributed by atoms with Gasteiger partial charge in [-0.05, 0) is 39.7 Å². The minimum Gasteiger partial charge on any atom is -0.350 e. The number of carbonyl (C=O) groups is 1. The third kappa shape index (κ3) is 2.99. The Kier molecular flexibility index (Phi) is 3.31. The normalized spacial score (nSPS) is 23.2. The molecule has 1 aliphatic heterocycles. The van der Waals surface area contributed by atoms with Gasteiger partial charge in [-0.2, -0.15) is 0 Å². The van der Waals surface area contributed by atoms with Crippen molar-refractivity contribution in [2.45, 2.75) is 51.6 Å². The first-order chi connectivity index (χ1) is 6.05. The zero-order valence-corrected chi connectivity index (χ0v) is 8.81. The maximum absolute atomic E-state index is 11.6. The van der Waals surface area contributed by atoms with Crippen LogP contribution in [0.15, 0.2) is 0 Å². The molecule has 0 saturated carbocycles. The highest BCUT2D eigenvalue weighted by molar-refractivity contribution is 5.82. The molecule has 1 unspecified atom stereocenters. The van der Waals surface area contributed by atoms with Gasteiger partial charge in [0.25, 0.3) is 0 Å². The van der Waals surface area contributed by atoms with E-state index in [0.29, 0.717) is 0 Å². The van der Waals surface area contributed by atoms with Crippen LogP contribution >= 0.6 is 0 Å². The van der Waals surface area contributed by atoms with E-state index in [4.69, 9.17) is 0 Å². The topological polar surface area (TPSA) is 41.1 Å². The van der Waals surface area contributed by atoms with E-state index in [1.165, 1.54) is 0 Å². The largest absolute Gasteiger partial charge is 0.350 e. The summed E-state index contributed by atoms with van der Waals surface area (Å²) in [5, 5.41) is 6.24. The molecule has 3 heteroatoms. The molecule has 2 N–H and O–H groups in total. The maximum atomic E-state index is 11.6. The predicted octanol–water partition coefficient (Wildman–Crippen LogP) is 1.04. The lowest BCUT2D eigenvalue weighted by molar-refractivity contribution is -0.124. The van der Waals surface area contributed by atoms with Gasteiger partial charge in [0.15, 0.2) is 0 Å². The zero-order valence-electron chi connectivity index (χ0n) is 8.81. The van der Waals surface area contributed by atoms with Crippen LogP contribution in [-0.4, -0.2) is 24.0 Å². The Labute approximate surface area is 80.3 Å². The van der Waals surface area contributed by atoms with Gasteiger partial charge in [0.1, 0.15) is 0 Å². The first-order valence-electron chi connectivity index (χ1n) is 5.10. The molecule has 1 rings (SSSR count). The second kappa shape index (κ2) is 4.09. The van der Waals surface area contributed by atoms with Gasteiger partial charge in [0.05, 0.1) is 6.04 Å². The molecular weight excluding hydrogens is 164 g/mol. The number of rotatable bonds is 3. The fraction of sp³-hybridized carbons (Fsp3) is 0.900. The quantitative estimate of drug-likeness (QED) is 0.688. The summed E-state index contributed by atoms with van der Waals surface area (Å²) in [5.74, 6) is 0.157. The van der Waals surface area contributed by atoms with E-state index in [2.05, 4.69) is 31.4 Å². The molecule has 1 saturated heterocycles. The monoisotopic (exact) mass is 184 g/mol. The van der Waals surface area contributed by atoms with E-state index < -0.39 is 0 Å². The van der Waals surface area contributed by atoms with Crippen molar-refractivity contribution in [3.8, 4) is 0 Å². The molecule has 0 radical (unpaired) electrons. The van der Waals surface area contributed by atoms with Crippen LogP contribution in [0.1, 0.15) is 40.0 Å². The number of nitrogens with one attached hydrogen (secondary N) is 2. The Morgan fingerprint density at radius 3 is 2.77 bits per heavy atom. The van der Waals surface area contributed by atoms with Gasteiger partial charge in [-0.25, -0.2) is 0 Å². The standard InChI is InChI=1S/C10H20N2O/c1-4-10(2,3)12-9(13)8-6-5-7-11-8/h8,11H,4-7H2,1-3H3,(H,12,13). The highest BCUT2D eigenvalue weighted by Crippen LogP contribution is 2.10. The maximum Gasteiger partial charge on any atom is 0.237 e. The van der Waals surface area contributed by atoms with Crippen LogP contribution in [0.4, 0.5) is 0 Å². The molecule has 0 bridgehead atoms. The van der Waals surface area contributed by atoms with Crippen LogP contribution in [0.25, 0.3) is 0 Å². The van der Waals surface area contributed by atoms with E-state index in [9.17, 15) is 4.79 Å². The van der Waals surface area contributed by atoms with Gasteiger partial charge >= 0.3 is 0 Å². The van der Waals surface area contributed by atoms with Crippen LogP contribution in [0, 0.1) is 0 Å². The van der Waals surface area contributed by atoms with E-state index in [1.54, 1.807) is 0 Å². The summed E-state index contributed by atoms with van der Waals surface area (Å²) in [5.41, 5.74) is -0.0681. The van der Waals surface area contributed by atoms with Gasteiger partial charge in [0.2, 0.25) is 5.91 Å². The van der Waals surface area contributed by atoms with Crippen LogP contribution < -0.4 is 10.6 Å². The van der Waals surface area contributed by atoms with Crippen LogP contribution in [0.5, 0.6) is 0 Å². The van der Waals surface area contributed by atoms with E-state index in [-0.39, 0.29) is 17.5 Å². The van der Waals surface area contributed by atoms with Crippen molar-refractivity contribution in [2.24, 2.45) is 0 Å². The summed E-state index contributed by atoms with van der Waals surface area (Å²) in [7, 11) is 0. The molecule has 76 valence electrons. The Bertz CT molecular complexity index is 183. The molecular formula is C10H20N2O. The first kappa shape index (κ1) is 10.5. The number of amides is 1. The Hall–Kier alpha value is -0.570. The highest BCUT2D eigenvalue weighted by Gasteiger charge is 2.26. The second-order valence-corrected chi connectivity index (χ2v) is 4.38. The molecule has 1 aliphatic rings. The summed E-state index contributed by atoms with van der Waals surface area (Å²) in [6.07, 6.45) is 3.06. The third-order valence-corrected chi connectivity index (χ3v) is 2.72. The number of hydrogen-bond acceptors (Lipinski definition) is 2. The molecule has 13 heavy (non-hydrogen) atoms. The fourth-order valence-electron chi connectivity index (χ4n) is 1.42. The number of carbonyl (C=O) groups excluding carboxylic acids is 1. The Balaban J connectivity index is 2.40. The van der Waals surface area contributed by atoms with Crippen molar-refractivity contribution < 1.29 is 4.79 Å². The summed E-state index contributed by atoms with van der Waals surface area (Å²) < 4.78 is 0. The molecule has 1 amide bonds. The Morgan fingerprint density at radius 2 is 2.31 bits per heavy atom. The van der Waals surface area contributed by atoms with Gasteiger partial charge < -0.3 is 10.6 Å². The number of hydrogen-bond donors (Lipinski definition) is 2. The van der Waals surface area contributed by atoms with E-state index in [0.717, 1.165) is 25.8 Å². The molecule has 0 aromatic rings. The molecule has 0 aromatic heterocycles. The van der Waals surface area contributed by atoms with Crippen LogP contribution in [0.2, 0.25) is 0 Å². The molecule has 0 aromatic carbocycles. The lowest BCUT2D eigenvalue weighted by Gasteiger charge is -2.26. The molecule has 0 spiro atoms. The average molecular weight is 184 g/mol. The minimum absolute atomic E-state index is 0.0471. The summed E-state index contributed by atoms with van der Waals surface area (Å²) in [6.45, 7) is 7.17. The Morgan fingerprint density at radius 1 is 1.62 bits per heavy atom. The van der Waals surface area contributed by atoms with E-state index in [1.807, 2.05) is 0 Å². The third-order valence-electron chi connectivity index (χ3n) is 2.72. The van der Waals surface area contributed by atoms with Crippen molar-refractivity contribution in [3.63, 3.8) is 0 Å². The molecule has 3 nitrogen and oxygen atoms in total. The SMILES string of the molecule is CCC(C)(C)NC(=O)C1CCCN1. The minimum atomic E-state index is -0.0681. The highest BCUT2D eigenvalue weighted by atomic mass is 16.2. The lowest BCUT2D eigenvalue weighted by atomic mass is 10.0. The van der Waals surface area contributed by atoms with Gasteiger partial charge in [-0.3, -0.25) is 4.79 Å². The average Bonchev–Trinajstić information content (AvgIpc) is 2.55. The molecule has 1 atom stereocenters. The van der Waals surface area contributed by atoms with Gasteiger partial charge in [-0.1, -0.05) is 6.92 Å². The summed E-state index contributed by atoms with van der Waals surface area (Å²) >= 11 is 0. The van der Waals surface area contributed by atoms with Crippen LogP contribution in [-0.2, 0) is 4.79 Å². The molecule has 0 aliphatic carbocycles. The van der Waals surface area contributed by atoms with Crippen LogP contribution in [0.3, 0.4) is 0 Å². The fourth-order valence-corrected chi connectivity index (χ4v) is 1.42. The smallest absolute Gasteiger partial charge is 0.237 e. The lowest BCUT2D eigenvalue weighted by Crippen LogP contribution is -2.49. The van der Waals surface area contributed by atoms with Crippen molar-refractivity contribution in [1.29, 1.82) is 0 Å². The second-order valence-electron chi connectivity index (χ2n) is 4.38. The van der Waals surface area contributed by atoms with Gasteiger partial charge in [0, 0.05) is 5.54 Å². The van der Waals surface area contributed by atoms with Crippen molar-refractivity contribution in [2.75, 3.05) is 6.54 Å². The summed E-state index contributed by atoms with van der Waals surface area (Å²) in [4.78, 5) is 11.6. The molecule has 1 fully saturated rings.